The molecule has 3 aromatic rings. The van der Waals surface area contributed by atoms with Crippen molar-refractivity contribution >= 4 is 6.03 Å². The van der Waals surface area contributed by atoms with Gasteiger partial charge in [0.2, 0.25) is 0 Å². The third-order valence-electron chi connectivity index (χ3n) is 3.54. The molecule has 3 rings (SSSR count). The van der Waals surface area contributed by atoms with Gasteiger partial charge in [-0.1, -0.05) is 12.1 Å². The molecule has 7 heteroatoms. The Balaban J connectivity index is 1.46. The summed E-state index contributed by atoms with van der Waals surface area (Å²) in [5, 5.41) is 15.3. The molecule has 0 bridgehead atoms. The molecule has 1 aromatic carbocycles. The molecule has 2 aromatic heterocycles. The third kappa shape index (κ3) is 4.48. The minimum absolute atomic E-state index is 0.0135. The molecule has 0 aliphatic rings. The van der Waals surface area contributed by atoms with E-state index < -0.39 is 12.1 Å². The van der Waals surface area contributed by atoms with Gasteiger partial charge in [0.25, 0.3) is 0 Å². The molecule has 0 aliphatic heterocycles. The fraction of sp³-hybridized carbons (Fsp3) is 0.167. The van der Waals surface area contributed by atoms with Crippen molar-refractivity contribution in [2.24, 2.45) is 0 Å². The molecule has 2 amide bonds. The zero-order valence-electron chi connectivity index (χ0n) is 13.2. The number of aliphatic hydroxyl groups is 1. The highest BCUT2D eigenvalue weighted by atomic mass is 19.1. The number of urea groups is 1. The van der Waals surface area contributed by atoms with Crippen molar-refractivity contribution in [2.75, 3.05) is 6.54 Å². The van der Waals surface area contributed by atoms with E-state index >= 15 is 0 Å². The summed E-state index contributed by atoms with van der Waals surface area (Å²) in [5.74, 6) is 1.05. The zero-order valence-corrected chi connectivity index (χ0v) is 13.2. The number of nitrogens with one attached hydrogen (secondary N) is 2. The lowest BCUT2D eigenvalue weighted by Crippen LogP contribution is -2.37. The van der Waals surface area contributed by atoms with Crippen LogP contribution in [0.2, 0.25) is 0 Å². The topological polar surface area (TPSA) is 87.6 Å². The molecule has 0 spiro atoms. The number of hydrogen-bond acceptors (Lipinski definition) is 4. The minimum atomic E-state index is -0.986. The van der Waals surface area contributed by atoms with Crippen LogP contribution in [0.5, 0.6) is 0 Å². The van der Waals surface area contributed by atoms with E-state index in [1.807, 2.05) is 0 Å². The van der Waals surface area contributed by atoms with E-state index in [4.69, 9.17) is 8.83 Å². The number of rotatable bonds is 6. The molecule has 0 fully saturated rings. The molecule has 1 unspecified atom stereocenters. The SMILES string of the molecule is O=C(NCc1ccc(F)cc1)NCC(O)c1ccc(-c2ccco2)o1. The summed E-state index contributed by atoms with van der Waals surface area (Å²) in [5.41, 5.74) is 0.770. The Labute approximate surface area is 143 Å². The summed E-state index contributed by atoms with van der Waals surface area (Å²) in [7, 11) is 0. The Morgan fingerprint density at radius 3 is 2.60 bits per heavy atom. The van der Waals surface area contributed by atoms with Gasteiger partial charge in [-0.3, -0.25) is 0 Å². The van der Waals surface area contributed by atoms with Gasteiger partial charge < -0.3 is 24.6 Å². The Morgan fingerprint density at radius 1 is 1.08 bits per heavy atom. The standard InChI is InChI=1S/C18H17FN2O4/c19-13-5-3-12(4-6-13)10-20-18(23)21-11-14(22)15-7-8-17(25-15)16-2-1-9-24-16/h1-9,14,22H,10-11H2,(H2,20,21,23). The predicted octanol–water partition coefficient (Wildman–Crippen LogP) is 3.21. The van der Waals surface area contributed by atoms with Crippen molar-refractivity contribution < 1.29 is 23.1 Å². The van der Waals surface area contributed by atoms with E-state index in [0.717, 1.165) is 5.56 Å². The first-order valence-corrected chi connectivity index (χ1v) is 7.69. The van der Waals surface area contributed by atoms with Crippen LogP contribution in [0.15, 0.2) is 63.6 Å². The molecule has 6 nitrogen and oxygen atoms in total. The summed E-state index contributed by atoms with van der Waals surface area (Å²) >= 11 is 0. The highest BCUT2D eigenvalue weighted by Crippen LogP contribution is 2.25. The molecular formula is C18H17FN2O4. The Morgan fingerprint density at radius 2 is 1.88 bits per heavy atom. The van der Waals surface area contributed by atoms with Crippen LogP contribution in [-0.2, 0) is 6.54 Å². The summed E-state index contributed by atoms with van der Waals surface area (Å²) < 4.78 is 23.5. The minimum Gasteiger partial charge on any atom is -0.461 e. The second-order valence-electron chi connectivity index (χ2n) is 5.39. The van der Waals surface area contributed by atoms with E-state index in [1.54, 1.807) is 36.4 Å². The van der Waals surface area contributed by atoms with Gasteiger partial charge >= 0.3 is 6.03 Å². The van der Waals surface area contributed by atoms with Gasteiger partial charge in [0.1, 0.15) is 17.7 Å². The Bertz CT molecular complexity index is 812. The summed E-state index contributed by atoms with van der Waals surface area (Å²) in [6.07, 6.45) is 0.543. The first-order valence-electron chi connectivity index (χ1n) is 7.69. The normalized spacial score (nSPS) is 11.9. The molecule has 25 heavy (non-hydrogen) atoms. The number of carbonyl (C=O) groups excluding carboxylic acids is 1. The fourth-order valence-electron chi connectivity index (χ4n) is 2.22. The number of halogens is 1. The maximum atomic E-state index is 12.8. The van der Waals surface area contributed by atoms with Crippen LogP contribution < -0.4 is 10.6 Å². The second kappa shape index (κ2) is 7.67. The smallest absolute Gasteiger partial charge is 0.315 e. The van der Waals surface area contributed by atoms with Gasteiger partial charge in [0, 0.05) is 6.54 Å². The van der Waals surface area contributed by atoms with Gasteiger partial charge in [-0.2, -0.15) is 0 Å². The third-order valence-corrected chi connectivity index (χ3v) is 3.54. The lowest BCUT2D eigenvalue weighted by Gasteiger charge is -2.11. The van der Waals surface area contributed by atoms with Crippen molar-refractivity contribution in [3.63, 3.8) is 0 Å². The van der Waals surface area contributed by atoms with Crippen molar-refractivity contribution in [3.8, 4) is 11.5 Å². The number of benzene rings is 1. The molecule has 130 valence electrons. The quantitative estimate of drug-likeness (QED) is 0.641. The molecule has 0 saturated heterocycles. The molecule has 2 heterocycles. The van der Waals surface area contributed by atoms with Crippen molar-refractivity contribution in [1.82, 2.24) is 10.6 Å². The fourth-order valence-corrected chi connectivity index (χ4v) is 2.22. The van der Waals surface area contributed by atoms with Crippen LogP contribution >= 0.6 is 0 Å². The second-order valence-corrected chi connectivity index (χ2v) is 5.39. The molecule has 3 N–H and O–H groups in total. The molecule has 0 radical (unpaired) electrons. The number of amides is 2. The van der Waals surface area contributed by atoms with Crippen LogP contribution in [-0.4, -0.2) is 17.7 Å². The average Bonchev–Trinajstić information content (AvgIpc) is 3.30. The number of hydrogen-bond donors (Lipinski definition) is 3. The molecule has 0 aliphatic carbocycles. The van der Waals surface area contributed by atoms with E-state index in [9.17, 15) is 14.3 Å². The van der Waals surface area contributed by atoms with E-state index in [-0.39, 0.29) is 18.9 Å². The predicted molar refractivity (Wildman–Crippen MR) is 88.0 cm³/mol. The van der Waals surface area contributed by atoms with Crippen molar-refractivity contribution in [2.45, 2.75) is 12.6 Å². The summed E-state index contributed by atoms with van der Waals surface area (Å²) in [6, 6.07) is 12.2. The maximum Gasteiger partial charge on any atom is 0.315 e. The van der Waals surface area contributed by atoms with Gasteiger partial charge in [-0.25, -0.2) is 9.18 Å². The van der Waals surface area contributed by atoms with Crippen LogP contribution in [0.25, 0.3) is 11.5 Å². The number of furan rings is 2. The molecule has 0 saturated carbocycles. The van der Waals surface area contributed by atoms with E-state index in [0.29, 0.717) is 17.3 Å². The van der Waals surface area contributed by atoms with Crippen LogP contribution in [0.1, 0.15) is 17.4 Å². The lowest BCUT2D eigenvalue weighted by molar-refractivity contribution is 0.148. The van der Waals surface area contributed by atoms with Gasteiger partial charge in [-0.05, 0) is 42.0 Å². The Hall–Kier alpha value is -3.06. The van der Waals surface area contributed by atoms with Gasteiger partial charge in [-0.15, -0.1) is 0 Å². The Kier molecular flexibility index (Phi) is 5.15. The van der Waals surface area contributed by atoms with Crippen LogP contribution in [0, 0.1) is 5.82 Å². The van der Waals surface area contributed by atoms with Crippen LogP contribution in [0.3, 0.4) is 0 Å². The largest absolute Gasteiger partial charge is 0.461 e. The zero-order chi connectivity index (χ0) is 17.6. The highest BCUT2D eigenvalue weighted by Gasteiger charge is 2.15. The van der Waals surface area contributed by atoms with Crippen LogP contribution in [0.4, 0.5) is 9.18 Å². The van der Waals surface area contributed by atoms with E-state index in [2.05, 4.69) is 10.6 Å². The molecule has 1 atom stereocenters. The highest BCUT2D eigenvalue weighted by molar-refractivity contribution is 5.73. The first kappa shape index (κ1) is 16.8. The van der Waals surface area contributed by atoms with Gasteiger partial charge in [0.15, 0.2) is 11.5 Å². The summed E-state index contributed by atoms with van der Waals surface area (Å²) in [4.78, 5) is 11.8. The molecular weight excluding hydrogens is 327 g/mol. The van der Waals surface area contributed by atoms with Crippen molar-refractivity contribution in [1.29, 1.82) is 0 Å². The first-order chi connectivity index (χ1) is 12.1. The lowest BCUT2D eigenvalue weighted by atomic mass is 10.2. The monoisotopic (exact) mass is 344 g/mol. The average molecular weight is 344 g/mol. The number of aliphatic hydroxyl groups excluding tert-OH is 1. The summed E-state index contributed by atoms with van der Waals surface area (Å²) in [6.45, 7) is 0.242. The van der Waals surface area contributed by atoms with Crippen molar-refractivity contribution in [3.05, 3.63) is 71.9 Å². The maximum absolute atomic E-state index is 12.8. The van der Waals surface area contributed by atoms with Gasteiger partial charge in [0.05, 0.1) is 12.8 Å². The number of carbonyl (C=O) groups is 1. The van der Waals surface area contributed by atoms with E-state index in [1.165, 1.54) is 18.4 Å².